The number of anilines is 1. The number of aliphatic imine (C=N–C) groups is 1. The van der Waals surface area contributed by atoms with Gasteiger partial charge in [-0.25, -0.2) is 0 Å². The second kappa shape index (κ2) is 10.8. The first-order valence-corrected chi connectivity index (χ1v) is 7.10. The molecule has 2 rings (SSSR count). The summed E-state index contributed by atoms with van der Waals surface area (Å²) >= 11 is 0. The monoisotopic (exact) mass is 427 g/mol. The van der Waals surface area contributed by atoms with Gasteiger partial charge in [0.25, 0.3) is 0 Å². The van der Waals surface area contributed by atoms with E-state index in [2.05, 4.69) is 10.3 Å². The molecule has 0 radical (unpaired) electrons. The lowest BCUT2D eigenvalue weighted by molar-refractivity contribution is 0.128. The number of guanidine groups is 1. The Hall–Kier alpha value is -1.80. The number of nitrogens with zero attached hydrogens (tertiary/aromatic N) is 1. The number of ether oxygens (including phenoxy) is 2. The van der Waals surface area contributed by atoms with E-state index < -0.39 is 0 Å². The van der Waals surface area contributed by atoms with Crippen molar-refractivity contribution in [1.29, 1.82) is 0 Å². The van der Waals surface area contributed by atoms with Gasteiger partial charge in [-0.05, 0) is 29.8 Å². The van der Waals surface area contributed by atoms with Crippen molar-refractivity contribution in [1.82, 2.24) is 0 Å². The summed E-state index contributed by atoms with van der Waals surface area (Å²) in [6.45, 7) is 1.58. The molecule has 0 aromatic heterocycles. The minimum atomic E-state index is 0. The van der Waals surface area contributed by atoms with E-state index in [0.29, 0.717) is 25.7 Å². The van der Waals surface area contributed by atoms with Gasteiger partial charge in [-0.15, -0.1) is 24.0 Å². The third kappa shape index (κ3) is 7.34. The number of rotatable bonds is 7. The number of nitrogens with two attached hydrogens (primary N) is 1. The summed E-state index contributed by atoms with van der Waals surface area (Å²) in [7, 11) is 1.65. The highest BCUT2D eigenvalue weighted by Crippen LogP contribution is 2.11. The van der Waals surface area contributed by atoms with Gasteiger partial charge in [-0.3, -0.25) is 4.99 Å². The Morgan fingerprint density at radius 1 is 1.09 bits per heavy atom. The standard InChI is InChI=1S/C17H21N3O2.HI/c1-21-16-9-7-14(8-10-16)13-22-12-11-19-17(18)20-15-5-3-2-4-6-15;/h2-10H,11-13H2,1H3,(H3,18,19,20);1H. The maximum Gasteiger partial charge on any atom is 0.193 e. The van der Waals surface area contributed by atoms with Crippen LogP contribution >= 0.6 is 24.0 Å². The number of para-hydroxylation sites is 1. The highest BCUT2D eigenvalue weighted by molar-refractivity contribution is 14.0. The number of hydrogen-bond donors (Lipinski definition) is 2. The van der Waals surface area contributed by atoms with Gasteiger partial charge in [0.05, 0.1) is 26.9 Å². The van der Waals surface area contributed by atoms with E-state index in [9.17, 15) is 0 Å². The van der Waals surface area contributed by atoms with Crippen LogP contribution in [-0.2, 0) is 11.3 Å². The third-order valence-electron chi connectivity index (χ3n) is 2.99. The van der Waals surface area contributed by atoms with Crippen LogP contribution in [0.4, 0.5) is 5.69 Å². The molecule has 0 heterocycles. The van der Waals surface area contributed by atoms with Crippen molar-refractivity contribution in [2.75, 3.05) is 25.6 Å². The molecule has 0 aliphatic rings. The molecule has 2 aromatic carbocycles. The number of methoxy groups -OCH3 is 1. The molecule has 124 valence electrons. The second-order valence-electron chi connectivity index (χ2n) is 4.66. The van der Waals surface area contributed by atoms with Crippen molar-refractivity contribution < 1.29 is 9.47 Å². The summed E-state index contributed by atoms with van der Waals surface area (Å²) in [6, 6.07) is 17.5. The minimum Gasteiger partial charge on any atom is -0.497 e. The number of hydrogen-bond acceptors (Lipinski definition) is 3. The van der Waals surface area contributed by atoms with Crippen LogP contribution in [0, 0.1) is 0 Å². The normalized spacial score (nSPS) is 10.7. The fraction of sp³-hybridized carbons (Fsp3) is 0.235. The van der Waals surface area contributed by atoms with Crippen molar-refractivity contribution >= 4 is 35.6 Å². The van der Waals surface area contributed by atoms with Crippen molar-refractivity contribution in [3.8, 4) is 5.75 Å². The van der Waals surface area contributed by atoms with Crippen LogP contribution in [0.3, 0.4) is 0 Å². The molecule has 6 heteroatoms. The van der Waals surface area contributed by atoms with Crippen LogP contribution < -0.4 is 15.8 Å². The van der Waals surface area contributed by atoms with Crippen LogP contribution in [0.2, 0.25) is 0 Å². The largest absolute Gasteiger partial charge is 0.497 e. The maximum atomic E-state index is 5.80. The molecular weight excluding hydrogens is 405 g/mol. The van der Waals surface area contributed by atoms with Gasteiger partial charge in [-0.2, -0.15) is 0 Å². The van der Waals surface area contributed by atoms with Crippen LogP contribution in [0.5, 0.6) is 5.75 Å². The van der Waals surface area contributed by atoms with E-state index >= 15 is 0 Å². The summed E-state index contributed by atoms with van der Waals surface area (Å²) in [4.78, 5) is 4.22. The Morgan fingerprint density at radius 2 is 1.78 bits per heavy atom. The first kappa shape index (κ1) is 19.2. The molecule has 0 unspecified atom stereocenters. The highest BCUT2D eigenvalue weighted by atomic mass is 127. The Labute approximate surface area is 153 Å². The topological polar surface area (TPSA) is 68.9 Å². The molecule has 0 aliphatic heterocycles. The Balaban J connectivity index is 0.00000264. The van der Waals surface area contributed by atoms with Gasteiger partial charge >= 0.3 is 0 Å². The van der Waals surface area contributed by atoms with Crippen LogP contribution in [-0.4, -0.2) is 26.2 Å². The lowest BCUT2D eigenvalue weighted by atomic mass is 10.2. The molecule has 5 nitrogen and oxygen atoms in total. The van der Waals surface area contributed by atoms with E-state index in [-0.39, 0.29) is 24.0 Å². The Morgan fingerprint density at radius 3 is 2.43 bits per heavy atom. The van der Waals surface area contributed by atoms with Crippen molar-refractivity contribution in [3.05, 3.63) is 60.2 Å². The summed E-state index contributed by atoms with van der Waals surface area (Å²) in [5.41, 5.74) is 7.82. The molecule has 0 saturated carbocycles. The van der Waals surface area contributed by atoms with Gasteiger partial charge in [0, 0.05) is 5.69 Å². The first-order chi connectivity index (χ1) is 10.8. The van der Waals surface area contributed by atoms with Crippen LogP contribution in [0.1, 0.15) is 5.56 Å². The van der Waals surface area contributed by atoms with Crippen molar-refractivity contribution in [3.63, 3.8) is 0 Å². The molecule has 0 spiro atoms. The molecule has 0 atom stereocenters. The molecular formula is C17H22IN3O2. The number of halogens is 1. The zero-order valence-electron chi connectivity index (χ0n) is 13.1. The molecule has 0 bridgehead atoms. The van der Waals surface area contributed by atoms with E-state index in [1.807, 2.05) is 54.6 Å². The molecule has 0 amide bonds. The summed E-state index contributed by atoms with van der Waals surface area (Å²) in [6.07, 6.45) is 0. The number of nitrogens with one attached hydrogen (secondary N) is 1. The van der Waals surface area contributed by atoms with Crippen LogP contribution in [0.25, 0.3) is 0 Å². The first-order valence-electron chi connectivity index (χ1n) is 7.10. The van der Waals surface area contributed by atoms with Gasteiger partial charge in [-0.1, -0.05) is 30.3 Å². The van der Waals surface area contributed by atoms with E-state index in [1.54, 1.807) is 7.11 Å². The van der Waals surface area contributed by atoms with Crippen molar-refractivity contribution in [2.24, 2.45) is 10.7 Å². The average molecular weight is 427 g/mol. The smallest absolute Gasteiger partial charge is 0.193 e. The van der Waals surface area contributed by atoms with Crippen molar-refractivity contribution in [2.45, 2.75) is 6.61 Å². The molecule has 0 aliphatic carbocycles. The summed E-state index contributed by atoms with van der Waals surface area (Å²) < 4.78 is 10.7. The lowest BCUT2D eigenvalue weighted by Gasteiger charge is -2.06. The van der Waals surface area contributed by atoms with Crippen LogP contribution in [0.15, 0.2) is 59.6 Å². The molecule has 0 saturated heterocycles. The third-order valence-corrected chi connectivity index (χ3v) is 2.99. The van der Waals surface area contributed by atoms with Gasteiger partial charge < -0.3 is 20.5 Å². The minimum absolute atomic E-state index is 0. The summed E-state index contributed by atoms with van der Waals surface area (Å²) in [5, 5.41) is 3.02. The Bertz CT molecular complexity index is 589. The fourth-order valence-electron chi connectivity index (χ4n) is 1.85. The van der Waals surface area contributed by atoms with E-state index in [1.165, 1.54) is 0 Å². The highest BCUT2D eigenvalue weighted by Gasteiger charge is 1.96. The quantitative estimate of drug-likeness (QED) is 0.308. The molecule has 23 heavy (non-hydrogen) atoms. The average Bonchev–Trinajstić information content (AvgIpc) is 2.56. The predicted octanol–water partition coefficient (Wildman–Crippen LogP) is 3.26. The van der Waals surface area contributed by atoms with Gasteiger partial charge in [0.1, 0.15) is 5.75 Å². The maximum absolute atomic E-state index is 5.80. The predicted molar refractivity (Wildman–Crippen MR) is 105 cm³/mol. The molecule has 2 aromatic rings. The zero-order chi connectivity index (χ0) is 15.6. The van der Waals surface area contributed by atoms with E-state index in [4.69, 9.17) is 15.2 Å². The van der Waals surface area contributed by atoms with E-state index in [0.717, 1.165) is 17.0 Å². The lowest BCUT2D eigenvalue weighted by Crippen LogP contribution is -2.23. The van der Waals surface area contributed by atoms with Gasteiger partial charge in [0.2, 0.25) is 0 Å². The summed E-state index contributed by atoms with van der Waals surface area (Å²) in [5.74, 6) is 1.23. The van der Waals surface area contributed by atoms with Gasteiger partial charge in [0.15, 0.2) is 5.96 Å². The second-order valence-corrected chi connectivity index (χ2v) is 4.66. The fourth-order valence-corrected chi connectivity index (χ4v) is 1.85. The zero-order valence-corrected chi connectivity index (χ0v) is 15.4. The molecule has 3 N–H and O–H groups in total. The Kier molecular flexibility index (Phi) is 9.08. The number of benzene rings is 2. The molecule has 0 fully saturated rings. The SMILES string of the molecule is COc1ccc(COCCN=C(N)Nc2ccccc2)cc1.I.